The number of nitrogens with one attached hydrogen (secondary N) is 1. The van der Waals surface area contributed by atoms with Crippen LogP contribution in [0, 0.1) is 5.92 Å². The summed E-state index contributed by atoms with van der Waals surface area (Å²) in [7, 11) is 0. The van der Waals surface area contributed by atoms with Crippen LogP contribution in [0.25, 0.3) is 6.08 Å². The number of benzene rings is 2. The predicted molar refractivity (Wildman–Crippen MR) is 165 cm³/mol. The van der Waals surface area contributed by atoms with E-state index in [0.717, 1.165) is 29.8 Å². The molecule has 2 amide bonds. The van der Waals surface area contributed by atoms with E-state index in [-0.39, 0.29) is 24.4 Å². The van der Waals surface area contributed by atoms with Crippen LogP contribution in [0.2, 0.25) is 0 Å². The summed E-state index contributed by atoms with van der Waals surface area (Å²) in [5.41, 5.74) is 1.47. The molecular weight excluding hydrogens is 585 g/mol. The monoisotopic (exact) mass is 618 g/mol. The molecule has 44 heavy (non-hydrogen) atoms. The van der Waals surface area contributed by atoms with Crippen molar-refractivity contribution < 1.29 is 22.8 Å². The van der Waals surface area contributed by atoms with Crippen LogP contribution in [0.3, 0.4) is 0 Å². The van der Waals surface area contributed by atoms with Crippen molar-refractivity contribution in [2.24, 2.45) is 5.92 Å². The van der Waals surface area contributed by atoms with Crippen molar-refractivity contribution in [1.82, 2.24) is 20.1 Å². The van der Waals surface area contributed by atoms with Gasteiger partial charge in [-0.2, -0.15) is 13.2 Å². The van der Waals surface area contributed by atoms with Gasteiger partial charge in [0.05, 0.1) is 11.5 Å². The van der Waals surface area contributed by atoms with Crippen LogP contribution in [0.5, 0.6) is 0 Å². The van der Waals surface area contributed by atoms with E-state index in [2.05, 4.69) is 21.3 Å². The molecule has 0 radical (unpaired) electrons. The lowest BCUT2D eigenvalue weighted by Crippen LogP contribution is -2.51. The number of piperazine rings is 1. The number of rotatable bonds is 10. The third-order valence-corrected chi connectivity index (χ3v) is 8.46. The number of halogens is 3. The molecule has 0 aliphatic carbocycles. The van der Waals surface area contributed by atoms with Crippen molar-refractivity contribution in [2.45, 2.75) is 25.7 Å². The lowest BCUT2D eigenvalue weighted by molar-refractivity contribution is -0.138. The Labute approximate surface area is 258 Å². The maximum absolute atomic E-state index is 14.3. The Kier molecular flexibility index (Phi) is 10.2. The number of thiophene rings is 1. The summed E-state index contributed by atoms with van der Waals surface area (Å²) < 4.78 is 39.7. The first kappa shape index (κ1) is 31.2. The highest BCUT2D eigenvalue weighted by Gasteiger charge is 2.34. The number of aromatic nitrogens is 1. The molecule has 1 saturated heterocycles. The fourth-order valence-electron chi connectivity index (χ4n) is 5.21. The minimum absolute atomic E-state index is 0.181. The van der Waals surface area contributed by atoms with Gasteiger partial charge in [0.2, 0.25) is 11.8 Å². The van der Waals surface area contributed by atoms with Gasteiger partial charge in [-0.05, 0) is 58.8 Å². The van der Waals surface area contributed by atoms with E-state index in [1.165, 1.54) is 23.1 Å². The Balaban J connectivity index is 1.44. The number of pyridine rings is 1. The van der Waals surface area contributed by atoms with Crippen molar-refractivity contribution in [3.63, 3.8) is 0 Å². The number of carbonyl (C=O) groups excluding carboxylic acids is 2. The fourth-order valence-corrected chi connectivity index (χ4v) is 5.96. The lowest BCUT2D eigenvalue weighted by atomic mass is 9.88. The molecule has 6 nitrogen and oxygen atoms in total. The molecule has 1 aliphatic rings. The van der Waals surface area contributed by atoms with Gasteiger partial charge in [0.15, 0.2) is 0 Å². The molecule has 3 heterocycles. The highest BCUT2D eigenvalue weighted by Crippen LogP contribution is 2.30. The van der Waals surface area contributed by atoms with E-state index >= 15 is 0 Å². The minimum Gasteiger partial charge on any atom is -0.348 e. The zero-order chi connectivity index (χ0) is 30.9. The number of alkyl halides is 3. The van der Waals surface area contributed by atoms with E-state index in [1.807, 2.05) is 47.8 Å². The van der Waals surface area contributed by atoms with Gasteiger partial charge in [0.1, 0.15) is 0 Å². The highest BCUT2D eigenvalue weighted by atomic mass is 32.1. The van der Waals surface area contributed by atoms with Gasteiger partial charge in [0.25, 0.3) is 0 Å². The lowest BCUT2D eigenvalue weighted by Gasteiger charge is -2.36. The van der Waals surface area contributed by atoms with Crippen LogP contribution in [0.15, 0.2) is 102 Å². The summed E-state index contributed by atoms with van der Waals surface area (Å²) in [5.74, 6) is -1.49. The standard InChI is InChI=1S/C34H33F3N4O2S/c35-34(36,37)28-12-10-26(11-13-28)20-30(32(42)39-23-27-8-4-14-38-22-27)31(21-25-6-2-1-3-7-25)33(43)41-17-15-40(16-18-41)24-29-9-5-19-44-29/h1-14,19-20,22,31H,15-18,21,23-24H2,(H,39,42)/t31-/m0/s1. The third-order valence-electron chi connectivity index (χ3n) is 7.60. The second-order valence-electron chi connectivity index (χ2n) is 10.7. The van der Waals surface area contributed by atoms with E-state index in [4.69, 9.17) is 0 Å². The van der Waals surface area contributed by atoms with Gasteiger partial charge in [-0.1, -0.05) is 54.6 Å². The average molecular weight is 619 g/mol. The number of carbonyl (C=O) groups is 2. The number of nitrogens with zero attached hydrogens (tertiary/aromatic N) is 3. The third kappa shape index (κ3) is 8.42. The smallest absolute Gasteiger partial charge is 0.348 e. The quantitative estimate of drug-likeness (QED) is 0.220. The van der Waals surface area contributed by atoms with Gasteiger partial charge < -0.3 is 10.2 Å². The number of hydrogen-bond acceptors (Lipinski definition) is 5. The molecule has 0 saturated carbocycles. The van der Waals surface area contributed by atoms with Gasteiger partial charge in [-0.15, -0.1) is 11.3 Å². The van der Waals surface area contributed by atoms with Crippen LogP contribution < -0.4 is 5.32 Å². The van der Waals surface area contributed by atoms with Crippen molar-refractivity contribution in [3.8, 4) is 0 Å². The van der Waals surface area contributed by atoms with E-state index in [1.54, 1.807) is 34.7 Å². The van der Waals surface area contributed by atoms with Crippen molar-refractivity contribution >= 4 is 29.2 Å². The predicted octanol–water partition coefficient (Wildman–Crippen LogP) is 6.07. The highest BCUT2D eigenvalue weighted by molar-refractivity contribution is 7.09. The molecule has 0 spiro atoms. The van der Waals surface area contributed by atoms with Crippen molar-refractivity contribution in [1.29, 1.82) is 0 Å². The molecule has 1 atom stereocenters. The van der Waals surface area contributed by atoms with Gasteiger partial charge in [-0.25, -0.2) is 0 Å². The summed E-state index contributed by atoms with van der Waals surface area (Å²) in [6, 6.07) is 21.8. The number of amides is 2. The Hall–Kier alpha value is -4.28. The van der Waals surface area contributed by atoms with E-state index < -0.39 is 23.6 Å². The second kappa shape index (κ2) is 14.5. The Morgan fingerprint density at radius 1 is 0.909 bits per heavy atom. The van der Waals surface area contributed by atoms with Crippen LogP contribution in [-0.4, -0.2) is 52.8 Å². The molecular formula is C34H33F3N4O2S. The summed E-state index contributed by atoms with van der Waals surface area (Å²) in [4.78, 5) is 37.6. The van der Waals surface area contributed by atoms with Crippen LogP contribution in [0.1, 0.15) is 27.1 Å². The fraction of sp³-hybridized carbons (Fsp3) is 0.265. The van der Waals surface area contributed by atoms with E-state index in [0.29, 0.717) is 31.7 Å². The topological polar surface area (TPSA) is 65.5 Å². The van der Waals surface area contributed by atoms with Gasteiger partial charge >= 0.3 is 6.18 Å². The first-order valence-corrected chi connectivity index (χ1v) is 15.3. The molecule has 10 heteroatoms. The van der Waals surface area contributed by atoms with Crippen LogP contribution in [0.4, 0.5) is 13.2 Å². The Bertz CT molecular complexity index is 1540. The molecule has 0 unspecified atom stereocenters. The molecule has 1 fully saturated rings. The van der Waals surface area contributed by atoms with Crippen molar-refractivity contribution in [2.75, 3.05) is 26.2 Å². The largest absolute Gasteiger partial charge is 0.416 e. The zero-order valence-corrected chi connectivity index (χ0v) is 24.9. The first-order valence-electron chi connectivity index (χ1n) is 14.4. The summed E-state index contributed by atoms with van der Waals surface area (Å²) in [5, 5.41) is 4.95. The molecule has 2 aromatic carbocycles. The molecule has 5 rings (SSSR count). The second-order valence-corrected chi connectivity index (χ2v) is 11.7. The van der Waals surface area contributed by atoms with Crippen LogP contribution in [-0.2, 0) is 35.3 Å². The maximum Gasteiger partial charge on any atom is 0.416 e. The molecule has 1 aliphatic heterocycles. The average Bonchev–Trinajstić information content (AvgIpc) is 3.55. The molecule has 228 valence electrons. The van der Waals surface area contributed by atoms with Gasteiger partial charge in [-0.3, -0.25) is 19.5 Å². The normalized spacial score (nSPS) is 15.2. The molecule has 2 aromatic heterocycles. The van der Waals surface area contributed by atoms with Crippen molar-refractivity contribution in [3.05, 3.63) is 129 Å². The Morgan fingerprint density at radius 3 is 2.27 bits per heavy atom. The summed E-state index contributed by atoms with van der Waals surface area (Å²) in [6.45, 7) is 3.44. The van der Waals surface area contributed by atoms with Crippen LogP contribution >= 0.6 is 11.3 Å². The summed E-state index contributed by atoms with van der Waals surface area (Å²) >= 11 is 1.70. The molecule has 4 aromatic rings. The number of hydrogen-bond donors (Lipinski definition) is 1. The Morgan fingerprint density at radius 2 is 1.64 bits per heavy atom. The molecule has 0 bridgehead atoms. The maximum atomic E-state index is 14.3. The SMILES string of the molecule is O=C(NCc1cccnc1)C(=Cc1ccc(C(F)(F)F)cc1)[C@H](Cc1ccccc1)C(=O)N1CCN(Cc2cccs2)CC1. The zero-order valence-electron chi connectivity index (χ0n) is 24.0. The van der Waals surface area contributed by atoms with Gasteiger partial charge in [0, 0.05) is 62.1 Å². The minimum atomic E-state index is -4.48. The molecule has 1 N–H and O–H groups in total. The first-order chi connectivity index (χ1) is 21.3. The summed E-state index contributed by atoms with van der Waals surface area (Å²) in [6.07, 6.45) is 0.598. The van der Waals surface area contributed by atoms with E-state index in [9.17, 15) is 22.8 Å².